The van der Waals surface area contributed by atoms with E-state index in [0.29, 0.717) is 119 Å². The maximum absolute atomic E-state index is 14.0. The number of carboxylic acids is 1. The van der Waals surface area contributed by atoms with Gasteiger partial charge in [-0.25, -0.2) is 21.6 Å². The number of aromatic amines is 1. The van der Waals surface area contributed by atoms with E-state index in [1.54, 1.807) is 159 Å². The number of carboxylic acid groups (broad SMARTS) is 1. The second kappa shape index (κ2) is 67.3. The van der Waals surface area contributed by atoms with E-state index in [1.807, 2.05) is 159 Å². The number of aliphatic carboxylic acids is 1. The minimum atomic E-state index is -1.50. The van der Waals surface area contributed by atoms with Crippen molar-refractivity contribution in [3.05, 3.63) is 414 Å². The summed E-state index contributed by atoms with van der Waals surface area (Å²) in [5, 5.41) is 86.7. The Bertz CT molecular complexity index is 7240. The summed E-state index contributed by atoms with van der Waals surface area (Å²) in [5.41, 5.74) is 22.6. The number of pyridine rings is 5. The molecule has 0 aliphatic rings. The van der Waals surface area contributed by atoms with E-state index in [1.165, 1.54) is 48.7 Å². The number of nitrogens with one attached hydrogen (secondary N) is 1. The SMILES string of the molecule is C.C.CC(C)(C)[S@@](N)=O.CC(C)(C)[S@](=O)C[C@@H](Cc1cc(F)cc(Cl)c1)c1ncccc1-c1cccc(C#N)c1.CC(C)(C)[S@](=O)N=Cc1ncccc1-c1cccc(C#N)c1.Cl.N#Cc1cccc(-c2cccnc2C=O)c1.N#Cc1cccc(-c2cccnc2[C@@H](N)Cc2cc(F)cc(Cl)c2)c1.N#Cc1cccc(B(O)O)c1.O=C(O)Cc1c[nH]c2ccc(O)cc12.O=Cc1ncccc1Br.S.[CH2-]c1cc(F)cc(Cl)c1.[Cl-].[Mg+2]. The molecule has 0 radical (unpaired) electrons. The van der Waals surface area contributed by atoms with Gasteiger partial charge in [0.15, 0.2) is 12.6 Å². The maximum Gasteiger partial charge on any atom is 2.00 e. The number of carbonyl (C=O) groups is 3. The van der Waals surface area contributed by atoms with Crippen LogP contribution in [-0.2, 0) is 56.8 Å². The molecule has 24 nitrogen and oxygen atoms in total. The third-order valence-electron chi connectivity index (χ3n) is 19.9. The van der Waals surface area contributed by atoms with E-state index in [2.05, 4.69) is 81.4 Å². The molecule has 150 heavy (non-hydrogen) atoms. The van der Waals surface area contributed by atoms with E-state index in [9.17, 15) is 50.5 Å². The fraction of sp³-hybridized carbons (Fsp3) is 0.180. The Balaban J connectivity index is 0.000000869. The Morgan fingerprint density at radius 2 is 0.907 bits per heavy atom. The zero-order valence-electron chi connectivity index (χ0n) is 81.4. The number of rotatable bonds is 19. The molecule has 9 N–H and O–H groups in total. The monoisotopic (exact) mass is 2270 g/mol. The summed E-state index contributed by atoms with van der Waals surface area (Å²) in [5.74, 6) is -1.72. The van der Waals surface area contributed by atoms with E-state index in [-0.39, 0.29) is 105 Å². The van der Waals surface area contributed by atoms with Crippen LogP contribution in [0.1, 0.15) is 177 Å². The molecule has 6 heterocycles. The van der Waals surface area contributed by atoms with Crippen LogP contribution in [0.15, 0.2) is 301 Å². The zero-order valence-corrected chi connectivity index (χ0v) is 91.7. The Morgan fingerprint density at radius 1 is 0.520 bits per heavy atom. The molecule has 15 rings (SSSR count). The Hall–Kier alpha value is -12.9. The largest absolute Gasteiger partial charge is 2.00 e. The molecule has 0 bridgehead atoms. The molecule has 776 valence electrons. The summed E-state index contributed by atoms with van der Waals surface area (Å²) < 4.78 is 79.0. The number of phenols is 1. The van der Waals surface area contributed by atoms with Crippen LogP contribution in [0, 0.1) is 81.0 Å². The molecule has 9 aromatic carbocycles. The van der Waals surface area contributed by atoms with Crippen LogP contribution in [0.25, 0.3) is 55.4 Å². The molecule has 5 atom stereocenters. The normalized spacial score (nSPS) is 11.2. The van der Waals surface area contributed by atoms with Crippen LogP contribution < -0.4 is 28.7 Å². The number of carbonyl (C=O) groups excluding carboxylic acids is 2. The van der Waals surface area contributed by atoms with Gasteiger partial charge in [0.2, 0.25) is 0 Å². The van der Waals surface area contributed by atoms with Gasteiger partial charge in [-0.05, 0) is 298 Å². The van der Waals surface area contributed by atoms with Crippen LogP contribution in [0.4, 0.5) is 13.2 Å². The molecular formula is C111H110BBrCl5F3MgN14O10S4. The summed E-state index contributed by atoms with van der Waals surface area (Å²) >= 11 is 20.6. The number of phenolic OH excluding ortho intramolecular Hbond substituents is 1. The van der Waals surface area contributed by atoms with Crippen molar-refractivity contribution in [2.24, 2.45) is 15.3 Å². The predicted molar refractivity (Wildman–Crippen MR) is 605 cm³/mol. The summed E-state index contributed by atoms with van der Waals surface area (Å²) in [6.45, 7) is 20.5. The van der Waals surface area contributed by atoms with Crippen molar-refractivity contribution in [2.45, 2.75) is 123 Å². The van der Waals surface area contributed by atoms with Gasteiger partial charge in [-0.15, -0.1) is 24.5 Å². The number of halogens is 9. The first-order valence-corrected chi connectivity index (χ1v) is 49.1. The van der Waals surface area contributed by atoms with Gasteiger partial charge in [0.1, 0.15) is 39.8 Å². The predicted octanol–water partition coefficient (Wildman–Crippen LogP) is 20.8. The molecule has 0 spiro atoms. The third-order valence-corrected chi connectivity index (χ3v) is 25.8. The summed E-state index contributed by atoms with van der Waals surface area (Å²) in [6, 6.07) is 81.4. The number of aromatic hydroxyl groups is 1. The number of nitriles is 5. The van der Waals surface area contributed by atoms with Crippen molar-refractivity contribution in [2.75, 3.05) is 5.75 Å². The van der Waals surface area contributed by atoms with Crippen molar-refractivity contribution in [3.63, 3.8) is 0 Å². The topological polar surface area (TPSA) is 447 Å². The first-order chi connectivity index (χ1) is 68.4. The number of hydrogen-bond acceptors (Lipinski definition) is 20. The molecule has 0 amide bonds. The van der Waals surface area contributed by atoms with Crippen LogP contribution >= 0.6 is 76.6 Å². The third kappa shape index (κ3) is 45.5. The summed E-state index contributed by atoms with van der Waals surface area (Å²) in [6.07, 6.45) is 13.6. The number of H-pyrrole nitrogens is 1. The Morgan fingerprint density at radius 3 is 1.31 bits per heavy atom. The van der Waals surface area contributed by atoms with E-state index in [4.69, 9.17) is 81.9 Å². The van der Waals surface area contributed by atoms with Crippen LogP contribution in [0.3, 0.4) is 0 Å². The average molecular weight is 2280 g/mol. The minimum Gasteiger partial charge on any atom is -1.00 e. The molecule has 0 unspecified atom stereocenters. The zero-order chi connectivity index (χ0) is 106. The number of benzene rings is 9. The standard InChI is InChI=1S/C25H24ClFN2OS.C20H15ClFN3.C17H17N3OS.C13H8N2O.C10H9NO3.C7H6BNO2.C7H5ClF.C6H4BrNO.C4H11NOS.2CH4.2ClH.Mg.H2S/c1-25(2,3)31(30)16-20(11-18-12-21(26)14-22(27)13-18)24-23(8-5-9-29-24)19-7-4-6-17(10-19)15-28;21-16-8-14(9-17(22)11-16)10-19(24)20-18(5-2-6-25-20)15-4-1-3-13(7-15)12-23;1-17(2,3)22(21)20-12-16-15(8-5-9-19-16)14-7-4-6-13(10-14)11-18;14-8-10-3-1-4-11(7-10)12-5-2-6-15-13(12)9-16;12-7-1-2-9-8(4-7)6(5-11-9)3-10(13)14;9-5-6-2-1-3-7(4-6)8(10)11;1-5-2-6(8)4-7(9)3-5;7-5-2-1-3-8-6(5)4-9;1-4(2,3)7(5)6;;;;;;/h4-10,12-14,20H,11,16H2,1-3H3;1-9,11,19H,10,24H2;4-10,12H,1-3H3;1-7,9H;1-2,4-5,11-12H,3H2,(H,13,14);1-4,10-11H;2-4H,1H2;1-4H;5H2,1-3H3;2*1H4;2*1H;;1H2/q;;;;;;-1;;;;;;;+2;/p-1/t20-,31-;19-;22-;;;;;;7-;;;;;;/m100.....0....../s1. The number of aldehydes is 2. The van der Waals surface area contributed by atoms with Crippen LogP contribution in [0.5, 0.6) is 5.75 Å². The molecule has 0 saturated heterocycles. The quantitative estimate of drug-likeness (QED) is 0.0171. The van der Waals surface area contributed by atoms with Crippen molar-refractivity contribution >= 4 is 181 Å². The number of fused-ring (bicyclic) bond motifs is 1. The number of aromatic nitrogens is 6. The first-order valence-electron chi connectivity index (χ1n) is 43.5. The first kappa shape index (κ1) is 135. The molecule has 0 aliphatic carbocycles. The summed E-state index contributed by atoms with van der Waals surface area (Å²) in [4.78, 5) is 55.5. The molecule has 15 aromatic rings. The van der Waals surface area contributed by atoms with Crippen molar-refractivity contribution in [3.8, 4) is 80.6 Å². The molecular weight excluding hydrogens is 2170 g/mol. The summed E-state index contributed by atoms with van der Waals surface area (Å²) in [7, 11) is -5.15. The number of hydrogen-bond donors (Lipinski definition) is 7. The minimum absolute atomic E-state index is 0. The Kier molecular flexibility index (Phi) is 60.6. The molecule has 0 saturated carbocycles. The number of nitrogens with two attached hydrogens (primary N) is 2. The van der Waals surface area contributed by atoms with Gasteiger partial charge >= 0.3 is 36.1 Å². The fourth-order valence-electron chi connectivity index (χ4n) is 12.8. The second-order valence-electron chi connectivity index (χ2n) is 34.0. The molecule has 6 aromatic heterocycles. The van der Waals surface area contributed by atoms with E-state index < -0.39 is 73.0 Å². The molecule has 0 aliphatic heterocycles. The smallest absolute Gasteiger partial charge is 1.00 e. The van der Waals surface area contributed by atoms with Gasteiger partial charge in [-0.2, -0.15) is 56.7 Å². The van der Waals surface area contributed by atoms with Crippen molar-refractivity contribution in [1.29, 1.82) is 26.3 Å². The molecule has 0 fully saturated rings. The van der Waals surface area contributed by atoms with Gasteiger partial charge in [-0.1, -0.05) is 135 Å². The van der Waals surface area contributed by atoms with E-state index in [0.717, 1.165) is 71.1 Å². The second-order valence-corrected chi connectivity index (χ2v) is 42.2. The van der Waals surface area contributed by atoms with Gasteiger partial charge in [0.25, 0.3) is 0 Å². The van der Waals surface area contributed by atoms with E-state index >= 15 is 0 Å². The van der Waals surface area contributed by atoms with Crippen molar-refractivity contribution in [1.82, 2.24) is 29.9 Å². The van der Waals surface area contributed by atoms with Gasteiger partial charge in [0, 0.05) is 112 Å². The fourth-order valence-corrected chi connectivity index (χ4v) is 15.6. The average Bonchev–Trinajstić information content (AvgIpc) is 1.51. The maximum atomic E-state index is 14.0. The van der Waals surface area contributed by atoms with Crippen LogP contribution in [0.2, 0.25) is 15.1 Å². The number of nitrogens with zero attached hydrogens (tertiary/aromatic N) is 11. The van der Waals surface area contributed by atoms with Crippen LogP contribution in [-0.4, -0.2) is 138 Å². The van der Waals surface area contributed by atoms with Gasteiger partial charge in [0.05, 0.1) is 120 Å². The Labute approximate surface area is 940 Å². The van der Waals surface area contributed by atoms with Gasteiger partial charge in [-0.3, -0.25) is 48.7 Å². The van der Waals surface area contributed by atoms with Crippen molar-refractivity contribution < 1.29 is 72.8 Å². The molecule has 39 heteroatoms. The van der Waals surface area contributed by atoms with Gasteiger partial charge < -0.3 is 43.4 Å².